The molecule has 0 saturated heterocycles. The van der Waals surface area contributed by atoms with E-state index >= 15 is 0 Å². The van der Waals surface area contributed by atoms with Crippen molar-refractivity contribution in [1.29, 1.82) is 0 Å². The molecular weight excluding hydrogens is 306 g/mol. The van der Waals surface area contributed by atoms with Gasteiger partial charge in [0.2, 0.25) is 0 Å². The number of nitrogens with one attached hydrogen (secondary N) is 1. The van der Waals surface area contributed by atoms with E-state index in [4.69, 9.17) is 4.74 Å². The molecule has 0 bridgehead atoms. The fourth-order valence-electron chi connectivity index (χ4n) is 3.22. The zero-order valence-electron chi connectivity index (χ0n) is 16.2. The maximum Gasteiger partial charge on any atom is 0.118 e. The Morgan fingerprint density at radius 1 is 0.800 bits per heavy atom. The van der Waals surface area contributed by atoms with Gasteiger partial charge in [0, 0.05) is 6.04 Å². The third-order valence-electron chi connectivity index (χ3n) is 4.92. The highest BCUT2D eigenvalue weighted by Crippen LogP contribution is 2.28. The second kappa shape index (κ2) is 10.2. The highest BCUT2D eigenvalue weighted by atomic mass is 16.5. The number of ether oxygens (including phenoxy) is 1. The van der Waals surface area contributed by atoms with Crippen molar-refractivity contribution >= 4 is 0 Å². The molecule has 0 aliphatic heterocycles. The Balaban J connectivity index is 1.93. The van der Waals surface area contributed by atoms with Gasteiger partial charge in [0.25, 0.3) is 0 Å². The van der Waals surface area contributed by atoms with Crippen LogP contribution >= 0.6 is 0 Å². The monoisotopic (exact) mass is 339 g/mol. The molecule has 2 aromatic carbocycles. The van der Waals surface area contributed by atoms with Gasteiger partial charge in [-0.25, -0.2) is 0 Å². The van der Waals surface area contributed by atoms with E-state index in [0.717, 1.165) is 24.6 Å². The van der Waals surface area contributed by atoms with Crippen molar-refractivity contribution in [3.63, 3.8) is 0 Å². The summed E-state index contributed by atoms with van der Waals surface area (Å²) in [6, 6.07) is 19.7. The molecule has 2 aromatic rings. The Morgan fingerprint density at radius 3 is 2.08 bits per heavy atom. The lowest BCUT2D eigenvalue weighted by atomic mass is 9.88. The molecule has 0 fully saturated rings. The number of benzene rings is 2. The van der Waals surface area contributed by atoms with Crippen LogP contribution in [0, 0.1) is 5.92 Å². The average molecular weight is 340 g/mol. The molecular formula is C23H33NO. The SMILES string of the molecule is COc1ccc(C(CCNC(C)c2ccccc2)CCC(C)C)cc1. The molecule has 2 heteroatoms. The van der Waals surface area contributed by atoms with Crippen molar-refractivity contribution in [2.75, 3.05) is 13.7 Å². The summed E-state index contributed by atoms with van der Waals surface area (Å²) in [7, 11) is 1.72. The van der Waals surface area contributed by atoms with Crippen molar-refractivity contribution < 1.29 is 4.74 Å². The smallest absolute Gasteiger partial charge is 0.118 e. The zero-order chi connectivity index (χ0) is 18.1. The highest BCUT2D eigenvalue weighted by molar-refractivity contribution is 5.29. The van der Waals surface area contributed by atoms with Crippen LogP contribution in [0.4, 0.5) is 0 Å². The molecule has 0 aliphatic carbocycles. The lowest BCUT2D eigenvalue weighted by Gasteiger charge is -2.21. The van der Waals surface area contributed by atoms with Crippen molar-refractivity contribution in [1.82, 2.24) is 5.32 Å². The van der Waals surface area contributed by atoms with Crippen LogP contribution in [0.1, 0.15) is 63.1 Å². The van der Waals surface area contributed by atoms with Crippen LogP contribution in [0.25, 0.3) is 0 Å². The molecule has 2 unspecified atom stereocenters. The van der Waals surface area contributed by atoms with Gasteiger partial charge < -0.3 is 10.1 Å². The normalized spacial score (nSPS) is 13.6. The predicted octanol–water partition coefficient (Wildman–Crippen LogP) is 5.96. The minimum absolute atomic E-state index is 0.391. The minimum Gasteiger partial charge on any atom is -0.497 e. The fraction of sp³-hybridized carbons (Fsp3) is 0.478. The molecule has 0 spiro atoms. The van der Waals surface area contributed by atoms with Crippen molar-refractivity contribution in [2.45, 2.75) is 52.0 Å². The Morgan fingerprint density at radius 2 is 1.48 bits per heavy atom. The number of rotatable bonds is 10. The summed E-state index contributed by atoms with van der Waals surface area (Å²) in [6.07, 6.45) is 3.67. The summed E-state index contributed by atoms with van der Waals surface area (Å²) in [5.74, 6) is 2.28. The molecule has 1 N–H and O–H groups in total. The van der Waals surface area contributed by atoms with Gasteiger partial charge in [-0.3, -0.25) is 0 Å². The summed E-state index contributed by atoms with van der Waals surface area (Å²) < 4.78 is 5.30. The van der Waals surface area contributed by atoms with Gasteiger partial charge in [0.15, 0.2) is 0 Å². The standard InChI is InChI=1S/C23H33NO/c1-18(2)10-11-22(21-12-14-23(25-4)15-13-21)16-17-24-19(3)20-8-6-5-7-9-20/h5-9,12-15,18-19,22,24H,10-11,16-17H2,1-4H3. The lowest BCUT2D eigenvalue weighted by molar-refractivity contribution is 0.414. The van der Waals surface area contributed by atoms with Crippen molar-refractivity contribution in [3.05, 3.63) is 65.7 Å². The predicted molar refractivity (Wildman–Crippen MR) is 107 cm³/mol. The first kappa shape index (κ1) is 19.5. The fourth-order valence-corrected chi connectivity index (χ4v) is 3.22. The van der Waals surface area contributed by atoms with Gasteiger partial charge in [0.1, 0.15) is 5.75 Å². The summed E-state index contributed by atoms with van der Waals surface area (Å²) in [5.41, 5.74) is 2.78. The Kier molecular flexibility index (Phi) is 8.00. The first-order valence-electron chi connectivity index (χ1n) is 9.52. The maximum absolute atomic E-state index is 5.30. The van der Waals surface area contributed by atoms with Crippen molar-refractivity contribution in [2.24, 2.45) is 5.92 Å². The van der Waals surface area contributed by atoms with E-state index in [0.29, 0.717) is 12.0 Å². The van der Waals surface area contributed by atoms with E-state index in [1.54, 1.807) is 7.11 Å². The van der Waals surface area contributed by atoms with Crippen LogP contribution < -0.4 is 10.1 Å². The van der Waals surface area contributed by atoms with Crippen LogP contribution in [0.3, 0.4) is 0 Å². The molecule has 2 nitrogen and oxygen atoms in total. The van der Waals surface area contributed by atoms with E-state index in [1.165, 1.54) is 24.0 Å². The molecule has 136 valence electrons. The molecule has 0 radical (unpaired) electrons. The Bertz CT molecular complexity index is 591. The van der Waals surface area contributed by atoms with Gasteiger partial charge in [-0.2, -0.15) is 0 Å². The molecule has 0 saturated carbocycles. The second-order valence-corrected chi connectivity index (χ2v) is 7.32. The summed E-state index contributed by atoms with van der Waals surface area (Å²) in [5, 5.41) is 3.68. The van der Waals surface area contributed by atoms with E-state index in [-0.39, 0.29) is 0 Å². The third-order valence-corrected chi connectivity index (χ3v) is 4.92. The van der Waals surface area contributed by atoms with Crippen LogP contribution in [-0.2, 0) is 0 Å². The van der Waals surface area contributed by atoms with Crippen LogP contribution in [0.2, 0.25) is 0 Å². The van der Waals surface area contributed by atoms with Gasteiger partial charge >= 0.3 is 0 Å². The van der Waals surface area contributed by atoms with Crippen LogP contribution in [0.15, 0.2) is 54.6 Å². The topological polar surface area (TPSA) is 21.3 Å². The van der Waals surface area contributed by atoms with Crippen molar-refractivity contribution in [3.8, 4) is 5.75 Å². The molecule has 0 aromatic heterocycles. The Hall–Kier alpha value is -1.80. The van der Waals surface area contributed by atoms with Crippen LogP contribution in [0.5, 0.6) is 5.75 Å². The first-order chi connectivity index (χ1) is 12.1. The average Bonchev–Trinajstić information content (AvgIpc) is 2.65. The van der Waals surface area contributed by atoms with Gasteiger partial charge in [-0.05, 0) is 61.4 Å². The lowest BCUT2D eigenvalue weighted by Crippen LogP contribution is -2.21. The molecule has 0 heterocycles. The zero-order valence-corrected chi connectivity index (χ0v) is 16.2. The highest BCUT2D eigenvalue weighted by Gasteiger charge is 2.13. The van der Waals surface area contributed by atoms with Crippen LogP contribution in [-0.4, -0.2) is 13.7 Å². The molecule has 25 heavy (non-hydrogen) atoms. The summed E-state index contributed by atoms with van der Waals surface area (Å²) in [6.45, 7) is 7.89. The summed E-state index contributed by atoms with van der Waals surface area (Å²) >= 11 is 0. The maximum atomic E-state index is 5.30. The Labute approximate surface area is 153 Å². The molecule has 2 atom stereocenters. The number of hydrogen-bond donors (Lipinski definition) is 1. The van der Waals surface area contributed by atoms with Gasteiger partial charge in [-0.15, -0.1) is 0 Å². The van der Waals surface area contributed by atoms with E-state index in [2.05, 4.69) is 80.7 Å². The number of methoxy groups -OCH3 is 1. The molecule has 2 rings (SSSR count). The van der Waals surface area contributed by atoms with Gasteiger partial charge in [0.05, 0.1) is 7.11 Å². The second-order valence-electron chi connectivity index (χ2n) is 7.32. The molecule has 0 amide bonds. The van der Waals surface area contributed by atoms with E-state index in [9.17, 15) is 0 Å². The van der Waals surface area contributed by atoms with E-state index in [1.807, 2.05) is 0 Å². The number of hydrogen-bond acceptors (Lipinski definition) is 2. The minimum atomic E-state index is 0.391. The summed E-state index contributed by atoms with van der Waals surface area (Å²) in [4.78, 5) is 0. The third kappa shape index (κ3) is 6.55. The first-order valence-corrected chi connectivity index (χ1v) is 9.52. The quantitative estimate of drug-likeness (QED) is 0.577. The molecule has 0 aliphatic rings. The van der Waals surface area contributed by atoms with Gasteiger partial charge in [-0.1, -0.05) is 62.7 Å². The van der Waals surface area contributed by atoms with E-state index < -0.39 is 0 Å². The largest absolute Gasteiger partial charge is 0.497 e.